The Morgan fingerprint density at radius 1 is 1.30 bits per heavy atom. The van der Waals surface area contributed by atoms with E-state index in [1.165, 1.54) is 29.5 Å². The van der Waals surface area contributed by atoms with Gasteiger partial charge in [0.1, 0.15) is 7.85 Å². The first-order chi connectivity index (χ1) is 10.4. The molecule has 122 valence electrons. The van der Waals surface area contributed by atoms with Crippen molar-refractivity contribution in [1.29, 1.82) is 0 Å². The van der Waals surface area contributed by atoms with Gasteiger partial charge in [-0.1, -0.05) is 37.6 Å². The van der Waals surface area contributed by atoms with Gasteiger partial charge in [0, 0.05) is 5.02 Å². The Labute approximate surface area is 141 Å². The third kappa shape index (κ3) is 3.07. The van der Waals surface area contributed by atoms with E-state index in [0.29, 0.717) is 10.6 Å². The van der Waals surface area contributed by atoms with Crippen molar-refractivity contribution in [2.24, 2.45) is 5.73 Å². The molecule has 23 heavy (non-hydrogen) atoms. The van der Waals surface area contributed by atoms with Gasteiger partial charge in [0.2, 0.25) is 17.4 Å². The maximum atomic E-state index is 12.6. The Hall–Kier alpha value is -1.60. The predicted molar refractivity (Wildman–Crippen MR) is 91.6 cm³/mol. The average molecular weight is 355 g/mol. The Kier molecular flexibility index (Phi) is 4.24. The number of halogens is 1. The van der Waals surface area contributed by atoms with Crippen molar-refractivity contribution in [3.05, 3.63) is 46.5 Å². The molecule has 0 spiro atoms. The molecule has 0 saturated heterocycles. The monoisotopic (exact) mass is 355 g/mol. The summed E-state index contributed by atoms with van der Waals surface area (Å²) in [5.41, 5.74) is 4.71. The number of hydrogen-bond acceptors (Lipinski definition) is 6. The Balaban J connectivity index is 2.37. The quantitative estimate of drug-likeness (QED) is 0.582. The largest absolute Gasteiger partial charge is 0.467 e. The van der Waals surface area contributed by atoms with Gasteiger partial charge in [-0.25, -0.2) is 0 Å². The van der Waals surface area contributed by atoms with Crippen LogP contribution in [-0.2, 0) is 29.3 Å². The highest BCUT2D eigenvalue weighted by Gasteiger charge is 2.50. The van der Waals surface area contributed by atoms with Gasteiger partial charge in [-0.2, -0.15) is 8.42 Å². The number of rotatable bonds is 4. The molecule has 0 fully saturated rings. The lowest BCUT2D eigenvalue weighted by molar-refractivity contribution is -0.126. The van der Waals surface area contributed by atoms with E-state index in [-0.39, 0.29) is 5.88 Å². The molecule has 1 aliphatic heterocycles. The molecular weight excluding hydrogens is 339 g/mol. The summed E-state index contributed by atoms with van der Waals surface area (Å²) in [6, 6.07) is 6.41. The van der Waals surface area contributed by atoms with E-state index < -0.39 is 31.8 Å². The number of ether oxygens (including phenoxy) is 1. The second-order valence-corrected chi connectivity index (χ2v) is 9.05. The van der Waals surface area contributed by atoms with Crippen LogP contribution in [0.3, 0.4) is 0 Å². The van der Waals surface area contributed by atoms with Gasteiger partial charge in [-0.15, -0.1) is 0 Å². The van der Waals surface area contributed by atoms with Gasteiger partial charge in [-0.05, 0) is 17.7 Å². The van der Waals surface area contributed by atoms with Crippen molar-refractivity contribution in [2.75, 3.05) is 0 Å². The summed E-state index contributed by atoms with van der Waals surface area (Å²) in [6.45, 7) is 2.91. The van der Waals surface area contributed by atoms with Crippen molar-refractivity contribution < 1.29 is 22.1 Å². The first kappa shape index (κ1) is 17.7. The molecule has 1 heterocycles. The van der Waals surface area contributed by atoms with E-state index in [9.17, 15) is 13.2 Å². The van der Waals surface area contributed by atoms with Crippen molar-refractivity contribution in [2.45, 2.75) is 24.0 Å². The number of hydrogen-bond donors (Lipinski definition) is 1. The van der Waals surface area contributed by atoms with Crippen LogP contribution in [0.1, 0.15) is 19.4 Å². The zero-order chi connectivity index (χ0) is 17.6. The molecule has 1 unspecified atom stereocenters. The number of nitrogens with two attached hydrogens (primary N) is 1. The number of Topliss-reactive ketones (excluding diaryl/α,β-unsaturated/α-hetero) is 1. The van der Waals surface area contributed by atoms with Gasteiger partial charge in [-0.3, -0.25) is 4.79 Å². The van der Waals surface area contributed by atoms with Crippen LogP contribution in [0.5, 0.6) is 0 Å². The van der Waals surface area contributed by atoms with E-state index in [2.05, 4.69) is 0 Å². The Bertz CT molecular complexity index is 786. The zero-order valence-corrected chi connectivity index (χ0v) is 14.8. The molecule has 2 N–H and O–H groups in total. The van der Waals surface area contributed by atoms with E-state index in [4.69, 9.17) is 26.3 Å². The standard InChI is InChI=1S/C13H16B2ClNO5S/c1-12(2,14)23(19,20)22-9-10(18)13(15,21-11(9)17)7-3-5-8(16)6-4-7/h3-6H,14-15,17H2,1-2H3. The average Bonchev–Trinajstić information content (AvgIpc) is 2.62. The van der Waals surface area contributed by atoms with Crippen LogP contribution < -0.4 is 5.73 Å². The smallest absolute Gasteiger partial charge is 0.306 e. The second-order valence-electron chi connectivity index (χ2n) is 6.31. The normalized spacial score (nSPS) is 22.1. The molecule has 6 nitrogen and oxygen atoms in total. The van der Waals surface area contributed by atoms with Gasteiger partial charge >= 0.3 is 10.1 Å². The molecule has 0 saturated carbocycles. The zero-order valence-electron chi connectivity index (χ0n) is 13.2. The van der Waals surface area contributed by atoms with Crippen molar-refractivity contribution in [3.63, 3.8) is 0 Å². The SMILES string of the molecule is BC1(c2ccc(Cl)cc2)OC(N)=C(OS(=O)(=O)C(B)(C)C)C1=O. The third-order valence-electron chi connectivity index (χ3n) is 3.52. The highest BCUT2D eigenvalue weighted by atomic mass is 35.5. The first-order valence-corrected chi connectivity index (χ1v) is 8.61. The molecule has 0 bridgehead atoms. The molecule has 1 atom stereocenters. The van der Waals surface area contributed by atoms with Crippen LogP contribution in [0.4, 0.5) is 0 Å². The lowest BCUT2D eigenvalue weighted by Gasteiger charge is -2.23. The highest BCUT2D eigenvalue weighted by molar-refractivity contribution is 7.89. The Morgan fingerprint density at radius 2 is 1.83 bits per heavy atom. The molecule has 0 aliphatic carbocycles. The summed E-state index contributed by atoms with van der Waals surface area (Å²) in [5, 5.41) is 0.496. The lowest BCUT2D eigenvalue weighted by Crippen LogP contribution is -2.38. The summed E-state index contributed by atoms with van der Waals surface area (Å²) in [7, 11) is -1.10. The molecule has 0 amide bonds. The van der Waals surface area contributed by atoms with Crippen molar-refractivity contribution in [3.8, 4) is 0 Å². The maximum absolute atomic E-state index is 12.6. The summed E-state index contributed by atoms with van der Waals surface area (Å²) in [4.78, 5) is 12.6. The van der Waals surface area contributed by atoms with Crippen molar-refractivity contribution >= 4 is 43.2 Å². The van der Waals surface area contributed by atoms with Crippen LogP contribution in [-0.4, -0.2) is 34.5 Å². The van der Waals surface area contributed by atoms with E-state index >= 15 is 0 Å². The Morgan fingerprint density at radius 3 is 2.30 bits per heavy atom. The third-order valence-corrected chi connectivity index (χ3v) is 5.65. The van der Waals surface area contributed by atoms with Gasteiger partial charge < -0.3 is 14.7 Å². The molecule has 1 aromatic carbocycles. The van der Waals surface area contributed by atoms with E-state index in [1.54, 1.807) is 24.3 Å². The van der Waals surface area contributed by atoms with E-state index in [1.807, 2.05) is 0 Å². The van der Waals surface area contributed by atoms with Gasteiger partial charge in [0.05, 0.1) is 4.65 Å². The van der Waals surface area contributed by atoms with Gasteiger partial charge in [0.15, 0.2) is 13.3 Å². The summed E-state index contributed by atoms with van der Waals surface area (Å²) >= 11 is 5.83. The number of ketones is 1. The minimum atomic E-state index is -4.05. The lowest BCUT2D eigenvalue weighted by atomic mass is 9.73. The molecule has 0 radical (unpaired) electrons. The van der Waals surface area contributed by atoms with Gasteiger partial charge in [0.25, 0.3) is 0 Å². The fraction of sp³-hybridized carbons (Fsp3) is 0.308. The molecule has 1 aromatic rings. The molecule has 10 heteroatoms. The number of carbonyl (C=O) groups is 1. The topological polar surface area (TPSA) is 95.7 Å². The van der Waals surface area contributed by atoms with Crippen LogP contribution in [0, 0.1) is 0 Å². The molecule has 2 rings (SSSR count). The minimum absolute atomic E-state index is 0.361. The first-order valence-electron chi connectivity index (χ1n) is 6.82. The summed E-state index contributed by atoms with van der Waals surface area (Å²) < 4.78 is 33.5. The highest BCUT2D eigenvalue weighted by Crippen LogP contribution is 2.37. The second kappa shape index (κ2) is 5.49. The predicted octanol–water partition coefficient (Wildman–Crippen LogP) is -0.431. The fourth-order valence-electron chi connectivity index (χ4n) is 1.91. The molecular formula is C13H16B2ClNO5S. The minimum Gasteiger partial charge on any atom is -0.467 e. The number of carbonyl (C=O) groups excluding carboxylic acids is 1. The van der Waals surface area contributed by atoms with Crippen molar-refractivity contribution in [1.82, 2.24) is 0 Å². The maximum Gasteiger partial charge on any atom is 0.306 e. The fourth-order valence-corrected chi connectivity index (χ4v) is 2.67. The van der Waals surface area contributed by atoms with Crippen LogP contribution in [0.25, 0.3) is 0 Å². The molecule has 1 aliphatic rings. The number of benzene rings is 1. The van der Waals surface area contributed by atoms with E-state index in [0.717, 1.165) is 0 Å². The molecule has 0 aromatic heterocycles. The van der Waals surface area contributed by atoms with Crippen LogP contribution in [0.2, 0.25) is 5.02 Å². The van der Waals surface area contributed by atoms with Crippen LogP contribution in [0.15, 0.2) is 35.9 Å². The summed E-state index contributed by atoms with van der Waals surface area (Å²) in [5.74, 6) is -1.53. The van der Waals surface area contributed by atoms with Crippen LogP contribution >= 0.6 is 11.6 Å². The summed E-state index contributed by atoms with van der Waals surface area (Å²) in [6.07, 6.45) is 0.